The van der Waals surface area contributed by atoms with E-state index in [1.807, 2.05) is 45.0 Å². The summed E-state index contributed by atoms with van der Waals surface area (Å²) in [5.74, 6) is 0.499. The third-order valence-corrected chi connectivity index (χ3v) is 3.08. The molecule has 0 aliphatic heterocycles. The molecule has 0 radical (unpaired) electrons. The van der Waals surface area contributed by atoms with Crippen LogP contribution in [0.4, 0.5) is 5.69 Å². The van der Waals surface area contributed by atoms with Crippen LogP contribution in [0.2, 0.25) is 0 Å². The van der Waals surface area contributed by atoms with Crippen molar-refractivity contribution in [2.45, 2.75) is 26.8 Å². The van der Waals surface area contributed by atoms with E-state index in [0.717, 1.165) is 5.56 Å². The Kier molecular flexibility index (Phi) is 3.90. The van der Waals surface area contributed by atoms with E-state index in [4.69, 9.17) is 10.2 Å². The number of rotatable bonds is 3. The molecule has 0 unspecified atom stereocenters. The molecule has 1 amide bonds. The van der Waals surface area contributed by atoms with Gasteiger partial charge in [-0.05, 0) is 29.7 Å². The summed E-state index contributed by atoms with van der Waals surface area (Å²) in [7, 11) is 0. The molecular formula is C15H19N3O2. The highest BCUT2D eigenvalue weighted by Crippen LogP contribution is 2.22. The molecule has 0 bridgehead atoms. The van der Waals surface area contributed by atoms with Gasteiger partial charge in [0.2, 0.25) is 5.91 Å². The molecule has 0 saturated carbocycles. The van der Waals surface area contributed by atoms with Crippen molar-refractivity contribution in [2.24, 2.45) is 11.1 Å². The first kappa shape index (κ1) is 14.3. The number of amides is 1. The zero-order chi connectivity index (χ0) is 14.8. The fraction of sp³-hybridized carbons (Fsp3) is 0.333. The highest BCUT2D eigenvalue weighted by Gasteiger charge is 2.27. The Bertz CT molecular complexity index is 568. The largest absolute Gasteiger partial charge is 0.444 e. The fourth-order valence-corrected chi connectivity index (χ4v) is 1.69. The molecule has 5 nitrogen and oxygen atoms in total. The average molecular weight is 273 g/mol. The van der Waals surface area contributed by atoms with Crippen LogP contribution in [0, 0.1) is 5.41 Å². The third kappa shape index (κ3) is 3.24. The predicted octanol–water partition coefficient (Wildman–Crippen LogP) is 2.65. The number of benzene rings is 1. The molecule has 0 saturated heterocycles. The zero-order valence-corrected chi connectivity index (χ0v) is 11.9. The van der Waals surface area contributed by atoms with Gasteiger partial charge in [0, 0.05) is 11.3 Å². The molecule has 20 heavy (non-hydrogen) atoms. The summed E-state index contributed by atoms with van der Waals surface area (Å²) in [4.78, 5) is 15.9. The summed E-state index contributed by atoms with van der Waals surface area (Å²) in [6.07, 6.45) is 3.02. The molecule has 1 heterocycles. The molecule has 0 spiro atoms. The Hall–Kier alpha value is -2.14. The number of oxazole rings is 1. The second kappa shape index (κ2) is 5.46. The Morgan fingerprint density at radius 1 is 1.30 bits per heavy atom. The van der Waals surface area contributed by atoms with Gasteiger partial charge >= 0.3 is 0 Å². The van der Waals surface area contributed by atoms with Crippen LogP contribution in [0.3, 0.4) is 0 Å². The highest BCUT2D eigenvalue weighted by atomic mass is 16.3. The van der Waals surface area contributed by atoms with Crippen LogP contribution < -0.4 is 11.1 Å². The van der Waals surface area contributed by atoms with Gasteiger partial charge in [-0.2, -0.15) is 0 Å². The molecule has 0 fully saturated rings. The standard InChI is InChI=1S/C15H19N3O2/c1-15(2,3)13(16)14(19)18-11-6-4-10(5-7-11)12-8-17-9-20-12/h4-9,13H,16H2,1-3H3,(H,18,19)/t13-/m1/s1. The van der Waals surface area contributed by atoms with E-state index < -0.39 is 6.04 Å². The predicted molar refractivity (Wildman–Crippen MR) is 78.0 cm³/mol. The fourth-order valence-electron chi connectivity index (χ4n) is 1.69. The number of nitrogens with one attached hydrogen (secondary N) is 1. The second-order valence-corrected chi connectivity index (χ2v) is 5.78. The van der Waals surface area contributed by atoms with Gasteiger partial charge in [-0.1, -0.05) is 20.8 Å². The molecule has 106 valence electrons. The summed E-state index contributed by atoms with van der Waals surface area (Å²) < 4.78 is 5.20. The quantitative estimate of drug-likeness (QED) is 0.900. The number of nitrogens with two attached hydrogens (primary N) is 1. The lowest BCUT2D eigenvalue weighted by Gasteiger charge is -2.25. The van der Waals surface area contributed by atoms with Crippen LogP contribution in [0.1, 0.15) is 20.8 Å². The van der Waals surface area contributed by atoms with E-state index in [2.05, 4.69) is 10.3 Å². The van der Waals surface area contributed by atoms with E-state index in [0.29, 0.717) is 11.4 Å². The van der Waals surface area contributed by atoms with Gasteiger partial charge in [-0.3, -0.25) is 4.79 Å². The number of aromatic nitrogens is 1. The number of carbonyl (C=O) groups excluding carboxylic acids is 1. The van der Waals surface area contributed by atoms with Gasteiger partial charge < -0.3 is 15.5 Å². The maximum absolute atomic E-state index is 12.0. The average Bonchev–Trinajstić information content (AvgIpc) is 2.91. The van der Waals surface area contributed by atoms with E-state index in [-0.39, 0.29) is 11.3 Å². The smallest absolute Gasteiger partial charge is 0.241 e. The lowest BCUT2D eigenvalue weighted by molar-refractivity contribution is -0.119. The van der Waals surface area contributed by atoms with Crippen molar-refractivity contribution in [3.63, 3.8) is 0 Å². The van der Waals surface area contributed by atoms with E-state index in [9.17, 15) is 4.79 Å². The number of carbonyl (C=O) groups is 1. The Balaban J connectivity index is 2.06. The summed E-state index contributed by atoms with van der Waals surface area (Å²) in [5, 5.41) is 2.81. The van der Waals surface area contributed by atoms with Gasteiger partial charge in [0.1, 0.15) is 0 Å². The molecule has 1 aromatic carbocycles. The van der Waals surface area contributed by atoms with Crippen LogP contribution >= 0.6 is 0 Å². The van der Waals surface area contributed by atoms with Crippen molar-refractivity contribution in [2.75, 3.05) is 5.32 Å². The molecule has 0 aliphatic carbocycles. The van der Waals surface area contributed by atoms with Gasteiger partial charge in [-0.25, -0.2) is 4.98 Å². The lowest BCUT2D eigenvalue weighted by atomic mass is 9.87. The monoisotopic (exact) mass is 273 g/mol. The molecular weight excluding hydrogens is 254 g/mol. The zero-order valence-electron chi connectivity index (χ0n) is 11.9. The minimum atomic E-state index is -0.559. The number of anilines is 1. The molecule has 1 aromatic heterocycles. The van der Waals surface area contributed by atoms with Crippen LogP contribution in [-0.4, -0.2) is 16.9 Å². The normalized spacial score (nSPS) is 13.0. The van der Waals surface area contributed by atoms with Crippen molar-refractivity contribution in [3.05, 3.63) is 36.9 Å². The Morgan fingerprint density at radius 3 is 2.45 bits per heavy atom. The van der Waals surface area contributed by atoms with Crippen LogP contribution in [0.25, 0.3) is 11.3 Å². The maximum Gasteiger partial charge on any atom is 0.241 e. The highest BCUT2D eigenvalue weighted by molar-refractivity contribution is 5.95. The topological polar surface area (TPSA) is 81.2 Å². The minimum Gasteiger partial charge on any atom is -0.444 e. The third-order valence-electron chi connectivity index (χ3n) is 3.08. The van der Waals surface area contributed by atoms with Gasteiger partial charge in [0.05, 0.1) is 12.2 Å². The van der Waals surface area contributed by atoms with Crippen LogP contribution in [0.15, 0.2) is 41.3 Å². The van der Waals surface area contributed by atoms with E-state index in [1.54, 1.807) is 6.20 Å². The molecule has 2 rings (SSSR count). The van der Waals surface area contributed by atoms with Crippen LogP contribution in [0.5, 0.6) is 0 Å². The van der Waals surface area contributed by atoms with E-state index in [1.165, 1.54) is 6.39 Å². The summed E-state index contributed by atoms with van der Waals surface area (Å²) in [6, 6.07) is 6.78. The van der Waals surface area contributed by atoms with Gasteiger partial charge in [0.25, 0.3) is 0 Å². The first-order valence-corrected chi connectivity index (χ1v) is 6.43. The first-order valence-electron chi connectivity index (χ1n) is 6.43. The molecule has 3 N–H and O–H groups in total. The van der Waals surface area contributed by atoms with Crippen molar-refractivity contribution in [3.8, 4) is 11.3 Å². The number of hydrogen-bond acceptors (Lipinski definition) is 4. The van der Waals surface area contributed by atoms with E-state index >= 15 is 0 Å². The van der Waals surface area contributed by atoms with Gasteiger partial charge in [-0.15, -0.1) is 0 Å². The molecule has 0 aliphatic rings. The number of nitrogens with zero attached hydrogens (tertiary/aromatic N) is 1. The van der Waals surface area contributed by atoms with Crippen molar-refractivity contribution < 1.29 is 9.21 Å². The van der Waals surface area contributed by atoms with Crippen molar-refractivity contribution in [1.29, 1.82) is 0 Å². The second-order valence-electron chi connectivity index (χ2n) is 5.78. The number of hydrogen-bond donors (Lipinski definition) is 2. The Morgan fingerprint density at radius 2 is 1.95 bits per heavy atom. The van der Waals surface area contributed by atoms with Gasteiger partial charge in [0.15, 0.2) is 12.2 Å². The summed E-state index contributed by atoms with van der Waals surface area (Å²) in [5.41, 5.74) is 7.25. The summed E-state index contributed by atoms with van der Waals surface area (Å²) in [6.45, 7) is 5.80. The van der Waals surface area contributed by atoms with Crippen molar-refractivity contribution in [1.82, 2.24) is 4.98 Å². The SMILES string of the molecule is CC(C)(C)[C@H](N)C(=O)Nc1ccc(-c2cnco2)cc1. The first-order chi connectivity index (χ1) is 9.38. The van der Waals surface area contributed by atoms with Crippen molar-refractivity contribution >= 4 is 11.6 Å². The molecule has 5 heteroatoms. The maximum atomic E-state index is 12.0. The summed E-state index contributed by atoms with van der Waals surface area (Å²) >= 11 is 0. The van der Waals surface area contributed by atoms with Crippen LogP contribution in [-0.2, 0) is 4.79 Å². The molecule has 1 atom stereocenters. The minimum absolute atomic E-state index is 0.190. The Labute approximate surface area is 118 Å². The lowest BCUT2D eigenvalue weighted by Crippen LogP contribution is -2.45. The molecule has 2 aromatic rings.